The van der Waals surface area contributed by atoms with Gasteiger partial charge in [0.05, 0.1) is 6.33 Å². The first-order chi connectivity index (χ1) is 10.5. The third-order valence-corrected chi connectivity index (χ3v) is 3.71. The number of hydrogen-bond acceptors (Lipinski definition) is 3. The highest BCUT2D eigenvalue weighted by molar-refractivity contribution is 5.94. The Hall–Kier alpha value is -2.43. The standard InChI is InChI=1S/C17H21N3O2/c1-4-15-10-16(21)20(11-19-15)8-7-18-17(22)14-6-5-12(2)13(3)9-14/h5-6,9-11H,4,7-8H2,1-3H3,(H,18,22). The highest BCUT2D eigenvalue weighted by Gasteiger charge is 2.06. The normalized spacial score (nSPS) is 10.5. The van der Waals surface area contributed by atoms with Crippen molar-refractivity contribution in [2.24, 2.45) is 0 Å². The van der Waals surface area contributed by atoms with Crippen LogP contribution in [-0.4, -0.2) is 22.0 Å². The van der Waals surface area contributed by atoms with Crippen LogP contribution in [0.5, 0.6) is 0 Å². The van der Waals surface area contributed by atoms with Gasteiger partial charge in [-0.1, -0.05) is 13.0 Å². The number of carbonyl (C=O) groups is 1. The maximum absolute atomic E-state index is 12.1. The van der Waals surface area contributed by atoms with Crippen LogP contribution in [0.2, 0.25) is 0 Å². The number of nitrogens with zero attached hydrogens (tertiary/aromatic N) is 2. The van der Waals surface area contributed by atoms with Gasteiger partial charge in [-0.25, -0.2) is 4.98 Å². The highest BCUT2D eigenvalue weighted by atomic mass is 16.1. The molecule has 5 heteroatoms. The summed E-state index contributed by atoms with van der Waals surface area (Å²) >= 11 is 0. The number of amides is 1. The lowest BCUT2D eigenvalue weighted by Crippen LogP contribution is -2.31. The second kappa shape index (κ2) is 7.02. The first-order valence-electron chi connectivity index (χ1n) is 7.42. The van der Waals surface area contributed by atoms with Crippen LogP contribution in [0.15, 0.2) is 35.4 Å². The average Bonchev–Trinajstić information content (AvgIpc) is 2.51. The maximum Gasteiger partial charge on any atom is 0.253 e. The van der Waals surface area contributed by atoms with Crippen molar-refractivity contribution in [1.82, 2.24) is 14.9 Å². The van der Waals surface area contributed by atoms with Gasteiger partial charge in [0.25, 0.3) is 11.5 Å². The van der Waals surface area contributed by atoms with Crippen LogP contribution >= 0.6 is 0 Å². The van der Waals surface area contributed by atoms with Crippen LogP contribution in [-0.2, 0) is 13.0 Å². The maximum atomic E-state index is 12.1. The van der Waals surface area contributed by atoms with Gasteiger partial charge in [0.2, 0.25) is 0 Å². The Bertz CT molecular complexity index is 735. The van der Waals surface area contributed by atoms with E-state index < -0.39 is 0 Å². The molecular weight excluding hydrogens is 278 g/mol. The van der Waals surface area contributed by atoms with Gasteiger partial charge in [-0.05, 0) is 43.5 Å². The van der Waals surface area contributed by atoms with Gasteiger partial charge >= 0.3 is 0 Å². The van der Waals surface area contributed by atoms with Gasteiger partial charge in [0.1, 0.15) is 0 Å². The van der Waals surface area contributed by atoms with Crippen LogP contribution in [0.25, 0.3) is 0 Å². The zero-order chi connectivity index (χ0) is 16.1. The smallest absolute Gasteiger partial charge is 0.253 e. The first kappa shape index (κ1) is 15.9. The molecule has 1 heterocycles. The quantitative estimate of drug-likeness (QED) is 0.916. The second-order valence-electron chi connectivity index (χ2n) is 5.32. The zero-order valence-electron chi connectivity index (χ0n) is 13.2. The van der Waals surface area contributed by atoms with Crippen molar-refractivity contribution in [3.05, 3.63) is 63.3 Å². The molecule has 0 saturated heterocycles. The molecule has 0 bridgehead atoms. The molecule has 5 nitrogen and oxygen atoms in total. The van der Waals surface area contributed by atoms with Crippen LogP contribution in [0, 0.1) is 13.8 Å². The molecule has 0 aliphatic carbocycles. The lowest BCUT2D eigenvalue weighted by Gasteiger charge is -2.09. The lowest BCUT2D eigenvalue weighted by molar-refractivity contribution is 0.0952. The van der Waals surface area contributed by atoms with Crippen molar-refractivity contribution < 1.29 is 4.79 Å². The molecule has 0 saturated carbocycles. The van der Waals surface area contributed by atoms with Crippen LogP contribution in [0.3, 0.4) is 0 Å². The van der Waals surface area contributed by atoms with Gasteiger partial charge in [0, 0.05) is 30.4 Å². The van der Waals surface area contributed by atoms with E-state index in [2.05, 4.69) is 10.3 Å². The third kappa shape index (κ3) is 3.81. The molecular formula is C17H21N3O2. The molecule has 0 atom stereocenters. The molecule has 0 fully saturated rings. The van der Waals surface area contributed by atoms with Crippen molar-refractivity contribution in [1.29, 1.82) is 0 Å². The van der Waals surface area contributed by atoms with Crippen LogP contribution in [0.1, 0.15) is 34.1 Å². The molecule has 1 aromatic carbocycles. The Morgan fingerprint density at radius 1 is 1.23 bits per heavy atom. The molecule has 116 valence electrons. The number of rotatable bonds is 5. The molecule has 0 spiro atoms. The number of aryl methyl sites for hydroxylation is 3. The van der Waals surface area contributed by atoms with Crippen molar-refractivity contribution >= 4 is 5.91 Å². The predicted molar refractivity (Wildman–Crippen MR) is 86.1 cm³/mol. The van der Waals surface area contributed by atoms with Gasteiger partial charge in [-0.2, -0.15) is 0 Å². The fraction of sp³-hybridized carbons (Fsp3) is 0.353. The summed E-state index contributed by atoms with van der Waals surface area (Å²) in [6, 6.07) is 7.14. The van der Waals surface area contributed by atoms with E-state index in [1.54, 1.807) is 6.07 Å². The molecule has 0 aliphatic heterocycles. The summed E-state index contributed by atoms with van der Waals surface area (Å²) in [4.78, 5) is 28.1. The minimum absolute atomic E-state index is 0.0905. The number of nitrogens with one attached hydrogen (secondary N) is 1. The van der Waals surface area contributed by atoms with Crippen molar-refractivity contribution in [2.45, 2.75) is 33.7 Å². The number of aromatic nitrogens is 2. The molecule has 0 radical (unpaired) electrons. The van der Waals surface area contributed by atoms with Gasteiger partial charge < -0.3 is 5.32 Å². The minimum atomic E-state index is -0.130. The minimum Gasteiger partial charge on any atom is -0.350 e. The van der Waals surface area contributed by atoms with Gasteiger partial charge in [-0.15, -0.1) is 0 Å². The van der Waals surface area contributed by atoms with E-state index in [0.717, 1.165) is 23.2 Å². The van der Waals surface area contributed by atoms with E-state index in [4.69, 9.17) is 0 Å². The van der Waals surface area contributed by atoms with E-state index in [-0.39, 0.29) is 11.5 Å². The highest BCUT2D eigenvalue weighted by Crippen LogP contribution is 2.09. The number of carbonyl (C=O) groups excluding carboxylic acids is 1. The van der Waals surface area contributed by atoms with Crippen molar-refractivity contribution in [3.63, 3.8) is 0 Å². The number of hydrogen-bond donors (Lipinski definition) is 1. The van der Waals surface area contributed by atoms with Crippen molar-refractivity contribution in [3.8, 4) is 0 Å². The Balaban J connectivity index is 1.94. The molecule has 1 aromatic heterocycles. The van der Waals surface area contributed by atoms with Crippen LogP contribution in [0.4, 0.5) is 0 Å². The monoisotopic (exact) mass is 299 g/mol. The fourth-order valence-corrected chi connectivity index (χ4v) is 2.10. The average molecular weight is 299 g/mol. The first-order valence-corrected chi connectivity index (χ1v) is 7.42. The zero-order valence-corrected chi connectivity index (χ0v) is 13.2. The molecule has 2 aromatic rings. The second-order valence-corrected chi connectivity index (χ2v) is 5.32. The molecule has 1 N–H and O–H groups in total. The summed E-state index contributed by atoms with van der Waals surface area (Å²) in [5, 5.41) is 2.82. The SMILES string of the molecule is CCc1cc(=O)n(CCNC(=O)c2ccc(C)c(C)c2)cn1. The molecule has 2 rings (SSSR count). The largest absolute Gasteiger partial charge is 0.350 e. The van der Waals surface area contributed by atoms with Gasteiger partial charge in [-0.3, -0.25) is 14.2 Å². The molecule has 1 amide bonds. The summed E-state index contributed by atoms with van der Waals surface area (Å²) in [5.41, 5.74) is 3.57. The third-order valence-electron chi connectivity index (χ3n) is 3.71. The van der Waals surface area contributed by atoms with Crippen LogP contribution < -0.4 is 10.9 Å². The summed E-state index contributed by atoms with van der Waals surface area (Å²) in [6.45, 7) is 6.74. The number of benzene rings is 1. The molecule has 0 unspecified atom stereocenters. The summed E-state index contributed by atoms with van der Waals surface area (Å²) in [7, 11) is 0. The molecule has 0 aliphatic rings. The predicted octanol–water partition coefficient (Wildman–Crippen LogP) is 1.85. The summed E-state index contributed by atoms with van der Waals surface area (Å²) in [5.74, 6) is -0.130. The molecule has 22 heavy (non-hydrogen) atoms. The van der Waals surface area contributed by atoms with E-state index in [9.17, 15) is 9.59 Å². The van der Waals surface area contributed by atoms with E-state index in [1.165, 1.54) is 17.0 Å². The topological polar surface area (TPSA) is 64.0 Å². The van der Waals surface area contributed by atoms with Crippen molar-refractivity contribution in [2.75, 3.05) is 6.54 Å². The fourth-order valence-electron chi connectivity index (χ4n) is 2.10. The Morgan fingerprint density at radius 3 is 2.64 bits per heavy atom. The summed E-state index contributed by atoms with van der Waals surface area (Å²) < 4.78 is 1.50. The van der Waals surface area contributed by atoms with Gasteiger partial charge in [0.15, 0.2) is 0 Å². The van der Waals surface area contributed by atoms with E-state index in [1.807, 2.05) is 32.9 Å². The Kier molecular flexibility index (Phi) is 5.09. The Labute approximate surface area is 130 Å². The lowest BCUT2D eigenvalue weighted by atomic mass is 10.1. The van der Waals surface area contributed by atoms with E-state index >= 15 is 0 Å². The van der Waals surface area contributed by atoms with E-state index in [0.29, 0.717) is 18.7 Å². The Morgan fingerprint density at radius 2 is 2.00 bits per heavy atom. The summed E-state index contributed by atoms with van der Waals surface area (Å²) in [6.07, 6.45) is 2.27.